The molecule has 0 saturated carbocycles. The molecule has 10 heteroatoms. The van der Waals surface area contributed by atoms with Gasteiger partial charge in [-0.2, -0.15) is 13.2 Å². The van der Waals surface area contributed by atoms with Crippen LogP contribution < -0.4 is 11.1 Å². The maximum atomic E-state index is 12.8. The predicted octanol–water partition coefficient (Wildman–Crippen LogP) is 2.36. The highest BCUT2D eigenvalue weighted by molar-refractivity contribution is 5.96. The molecule has 162 valence electrons. The number of carbonyl (C=O) groups is 1. The topological polar surface area (TPSA) is 104 Å². The van der Waals surface area contributed by atoms with Crippen LogP contribution in [0, 0.1) is 0 Å². The molecule has 2 aromatic rings. The first kappa shape index (κ1) is 22.0. The molecular formula is C20H24F3N5O2. The number of alkyl halides is 3. The summed E-state index contributed by atoms with van der Waals surface area (Å²) in [5, 5.41) is 11.5. The molecule has 1 aromatic heterocycles. The summed E-state index contributed by atoms with van der Waals surface area (Å²) < 4.78 is 38.3. The largest absolute Gasteiger partial charge is 0.418 e. The number of carbonyl (C=O) groups excluding carboxylic acids is 1. The zero-order chi connectivity index (χ0) is 21.9. The van der Waals surface area contributed by atoms with Gasteiger partial charge in [0.15, 0.2) is 17.1 Å². The number of anilines is 1. The normalized spacial score (nSPS) is 17.0. The first-order chi connectivity index (χ1) is 14.1. The molecule has 1 aliphatic rings. The minimum Gasteiger partial charge on any atom is -0.382 e. The third kappa shape index (κ3) is 5.06. The van der Waals surface area contributed by atoms with Gasteiger partial charge < -0.3 is 16.2 Å². The van der Waals surface area contributed by atoms with Crippen molar-refractivity contribution in [3.8, 4) is 11.3 Å². The highest BCUT2D eigenvalue weighted by atomic mass is 19.4. The van der Waals surface area contributed by atoms with E-state index >= 15 is 0 Å². The fourth-order valence-corrected chi connectivity index (χ4v) is 3.12. The van der Waals surface area contributed by atoms with Crippen molar-refractivity contribution in [2.24, 2.45) is 0 Å². The Morgan fingerprint density at radius 2 is 1.87 bits per heavy atom. The van der Waals surface area contributed by atoms with Crippen LogP contribution in [-0.2, 0) is 6.54 Å². The molecule has 1 amide bonds. The van der Waals surface area contributed by atoms with Crippen LogP contribution in [0.2, 0.25) is 0 Å². The second-order valence-electron chi connectivity index (χ2n) is 7.62. The van der Waals surface area contributed by atoms with Gasteiger partial charge >= 0.3 is 6.18 Å². The van der Waals surface area contributed by atoms with E-state index in [-0.39, 0.29) is 11.5 Å². The van der Waals surface area contributed by atoms with Crippen molar-refractivity contribution in [2.75, 3.05) is 25.4 Å². The van der Waals surface area contributed by atoms with Crippen molar-refractivity contribution in [3.63, 3.8) is 0 Å². The van der Waals surface area contributed by atoms with Crippen LogP contribution >= 0.6 is 0 Å². The van der Waals surface area contributed by atoms with Gasteiger partial charge in [0.2, 0.25) is 0 Å². The number of hydrogen-bond donors (Lipinski definition) is 3. The third-order valence-electron chi connectivity index (χ3n) is 5.07. The summed E-state index contributed by atoms with van der Waals surface area (Å²) in [7, 11) is 0. The molecule has 0 spiro atoms. The number of nitrogens with two attached hydrogens (primary N) is 1. The van der Waals surface area contributed by atoms with Crippen molar-refractivity contribution in [1.82, 2.24) is 20.2 Å². The molecule has 1 fully saturated rings. The molecule has 0 bridgehead atoms. The standard InChI is InChI=1S/C20H24F3N5O2/c1-19(30,20(21,22)23)12-26-18(29)16-17(24)25-10-15(27-16)14-6-4-13(5-7-14)11-28-8-2-3-9-28/h4-7,10,30H,2-3,8-9,11-12H2,1H3,(H2,24,25)(H,26,29)/t19-/m1/s1. The Bertz CT molecular complexity index is 894. The number of halogens is 3. The fourth-order valence-electron chi connectivity index (χ4n) is 3.12. The average Bonchev–Trinajstić information content (AvgIpc) is 3.19. The van der Waals surface area contributed by atoms with Crippen molar-refractivity contribution in [2.45, 2.75) is 38.1 Å². The van der Waals surface area contributed by atoms with Gasteiger partial charge in [0, 0.05) is 12.1 Å². The van der Waals surface area contributed by atoms with Crippen LogP contribution in [0.15, 0.2) is 30.5 Å². The molecule has 0 aliphatic carbocycles. The summed E-state index contributed by atoms with van der Waals surface area (Å²) in [6, 6.07) is 7.63. The highest BCUT2D eigenvalue weighted by Gasteiger charge is 2.50. The van der Waals surface area contributed by atoms with Crippen LogP contribution in [0.5, 0.6) is 0 Å². The van der Waals surface area contributed by atoms with E-state index < -0.39 is 24.2 Å². The Hall–Kier alpha value is -2.72. The van der Waals surface area contributed by atoms with Crippen molar-refractivity contribution in [1.29, 1.82) is 0 Å². The number of nitrogens with one attached hydrogen (secondary N) is 1. The predicted molar refractivity (Wildman–Crippen MR) is 105 cm³/mol. The summed E-state index contributed by atoms with van der Waals surface area (Å²) in [4.78, 5) is 22.8. The second-order valence-corrected chi connectivity index (χ2v) is 7.62. The summed E-state index contributed by atoms with van der Waals surface area (Å²) in [5.41, 5.74) is 4.52. The van der Waals surface area contributed by atoms with Crippen LogP contribution in [-0.4, -0.2) is 57.3 Å². The average molecular weight is 423 g/mol. The quantitative estimate of drug-likeness (QED) is 0.659. The van der Waals surface area contributed by atoms with Gasteiger partial charge in [-0.1, -0.05) is 24.3 Å². The first-order valence-corrected chi connectivity index (χ1v) is 9.58. The number of benzene rings is 1. The molecule has 1 atom stereocenters. The van der Waals surface area contributed by atoms with E-state index in [1.807, 2.05) is 29.6 Å². The number of likely N-dealkylation sites (tertiary alicyclic amines) is 1. The van der Waals surface area contributed by atoms with E-state index in [1.54, 1.807) is 0 Å². The molecule has 30 heavy (non-hydrogen) atoms. The van der Waals surface area contributed by atoms with Crippen molar-refractivity contribution < 1.29 is 23.1 Å². The first-order valence-electron chi connectivity index (χ1n) is 9.58. The number of amides is 1. The smallest absolute Gasteiger partial charge is 0.382 e. The molecular weight excluding hydrogens is 399 g/mol. The van der Waals surface area contributed by atoms with E-state index in [0.717, 1.165) is 25.2 Å². The Kier molecular flexibility index (Phi) is 6.27. The van der Waals surface area contributed by atoms with Crippen molar-refractivity contribution in [3.05, 3.63) is 41.7 Å². The number of nitrogen functional groups attached to an aromatic ring is 1. The molecule has 1 aliphatic heterocycles. The zero-order valence-corrected chi connectivity index (χ0v) is 16.5. The van der Waals surface area contributed by atoms with E-state index in [0.29, 0.717) is 18.2 Å². The lowest BCUT2D eigenvalue weighted by molar-refractivity contribution is -0.249. The van der Waals surface area contributed by atoms with Crippen molar-refractivity contribution >= 4 is 11.7 Å². The second kappa shape index (κ2) is 8.57. The Morgan fingerprint density at radius 3 is 2.47 bits per heavy atom. The van der Waals surface area contributed by atoms with E-state index in [1.165, 1.54) is 19.0 Å². The molecule has 7 nitrogen and oxygen atoms in total. The minimum absolute atomic E-state index is 0.214. The summed E-state index contributed by atoms with van der Waals surface area (Å²) in [5.74, 6) is -1.16. The minimum atomic E-state index is -4.89. The Morgan fingerprint density at radius 1 is 1.23 bits per heavy atom. The van der Waals surface area contributed by atoms with Crippen LogP contribution in [0.1, 0.15) is 35.8 Å². The number of hydrogen-bond acceptors (Lipinski definition) is 6. The zero-order valence-electron chi connectivity index (χ0n) is 16.5. The van der Waals surface area contributed by atoms with Gasteiger partial charge in [-0.25, -0.2) is 9.97 Å². The molecule has 0 unspecified atom stereocenters. The van der Waals surface area contributed by atoms with E-state index in [4.69, 9.17) is 5.73 Å². The maximum absolute atomic E-state index is 12.8. The summed E-state index contributed by atoms with van der Waals surface area (Å²) >= 11 is 0. The van der Waals surface area contributed by atoms with Gasteiger partial charge in [0.1, 0.15) is 0 Å². The number of aliphatic hydroxyl groups is 1. The Labute approximate surface area is 172 Å². The highest BCUT2D eigenvalue weighted by Crippen LogP contribution is 2.29. The molecule has 3 rings (SSSR count). The van der Waals surface area contributed by atoms with Gasteiger partial charge in [-0.15, -0.1) is 0 Å². The van der Waals surface area contributed by atoms with Gasteiger partial charge in [0.25, 0.3) is 5.91 Å². The number of rotatable bonds is 6. The van der Waals surface area contributed by atoms with Gasteiger partial charge in [0.05, 0.1) is 18.4 Å². The lowest BCUT2D eigenvalue weighted by Crippen LogP contribution is -2.51. The van der Waals surface area contributed by atoms with Gasteiger partial charge in [-0.3, -0.25) is 9.69 Å². The number of nitrogens with zero attached hydrogens (tertiary/aromatic N) is 3. The fraction of sp³-hybridized carbons (Fsp3) is 0.450. The molecule has 1 aromatic carbocycles. The Balaban J connectivity index is 1.72. The third-order valence-corrected chi connectivity index (χ3v) is 5.07. The van der Waals surface area contributed by atoms with E-state index in [9.17, 15) is 23.1 Å². The number of aromatic nitrogens is 2. The summed E-state index contributed by atoms with van der Waals surface area (Å²) in [6.07, 6.45) is -1.08. The van der Waals surface area contributed by atoms with Crippen LogP contribution in [0.4, 0.5) is 19.0 Å². The molecule has 0 radical (unpaired) electrons. The van der Waals surface area contributed by atoms with Crippen LogP contribution in [0.3, 0.4) is 0 Å². The van der Waals surface area contributed by atoms with Gasteiger partial charge in [-0.05, 0) is 38.4 Å². The van der Waals surface area contributed by atoms with Crippen LogP contribution in [0.25, 0.3) is 11.3 Å². The molecule has 1 saturated heterocycles. The lowest BCUT2D eigenvalue weighted by atomic mass is 10.1. The lowest BCUT2D eigenvalue weighted by Gasteiger charge is -2.26. The van der Waals surface area contributed by atoms with E-state index in [2.05, 4.69) is 14.9 Å². The SMILES string of the molecule is C[C@@](O)(CNC(=O)c1nc(-c2ccc(CN3CCCC3)cc2)cnc1N)C(F)(F)F. The summed E-state index contributed by atoms with van der Waals surface area (Å²) in [6.45, 7) is 2.57. The monoisotopic (exact) mass is 423 g/mol. The maximum Gasteiger partial charge on any atom is 0.418 e. The molecule has 2 heterocycles. The molecule has 4 N–H and O–H groups in total.